The van der Waals surface area contributed by atoms with E-state index in [1.807, 2.05) is 115 Å². The van der Waals surface area contributed by atoms with Gasteiger partial charge in [-0.3, -0.25) is 0 Å². The van der Waals surface area contributed by atoms with Crippen LogP contribution >= 0.6 is 90.7 Å². The number of thiophene rings is 8. The van der Waals surface area contributed by atoms with Crippen molar-refractivity contribution < 1.29 is 37.9 Å². The highest BCUT2D eigenvalue weighted by Crippen LogP contribution is 2.56. The van der Waals surface area contributed by atoms with Crippen LogP contribution in [0.5, 0.6) is 46.0 Å². The van der Waals surface area contributed by atoms with Crippen LogP contribution in [0, 0.1) is 23.7 Å². The SMILES string of the molecule is CCCCC(CC)COc1cc(OC)cc(-c2ccc(-c3ccc(-c4ccc(-c5cc(-c6ccc(-c7ccc(-c8ccc(-c9cc(OC)cc(OCC(CC)CCCC)c9)cc8)s7)s6)c6ccc7c(-c8ccc(-c9ccc(-c%10ccc(-c%11cc(OC)cc(OCC(CC)CCCC)c%11)cc%10)s9)s8)cc(-c8ccc(-c9ccc(-c%10ccc(-c%11cc(OC)cc(OCC(CC)CCCC)c%11)cc%10)s9)s8)c8ccc5c6c87)s4)s3)cc2)c1. The number of methoxy groups -OCH3 is 4. The van der Waals surface area contributed by atoms with Crippen molar-refractivity contribution in [1.82, 2.24) is 0 Å². The third-order valence-corrected chi connectivity index (χ3v) is 39.2. The Bertz CT molecular complexity index is 6950. The van der Waals surface area contributed by atoms with Gasteiger partial charge in [-0.05, 0) is 306 Å². The maximum absolute atomic E-state index is 6.51. The van der Waals surface area contributed by atoms with Gasteiger partial charge < -0.3 is 37.9 Å². The molecule has 0 aliphatic carbocycles. The van der Waals surface area contributed by atoms with Crippen LogP contribution in [0.3, 0.4) is 0 Å². The molecule has 0 aliphatic rings. The minimum atomic E-state index is 0.523. The number of unbranched alkanes of at least 4 members (excludes halogenated alkanes) is 4. The number of ether oxygens (including phenoxy) is 8. The van der Waals surface area contributed by atoms with E-state index in [1.165, 1.54) is 232 Å². The van der Waals surface area contributed by atoms with Crippen molar-refractivity contribution >= 4 is 123 Å². The predicted molar refractivity (Wildman–Crippen MR) is 642 cm³/mol. The Balaban J connectivity index is 0.668. The van der Waals surface area contributed by atoms with Crippen molar-refractivity contribution in [3.8, 4) is 213 Å². The first kappa shape index (κ1) is 103. The number of hydrogen-bond acceptors (Lipinski definition) is 16. The highest BCUT2D eigenvalue weighted by Gasteiger charge is 2.28. The first-order valence-corrected chi connectivity index (χ1v) is 59.5. The molecule has 0 radical (unpaired) electrons. The average molecular weight is 2100 g/mol. The maximum atomic E-state index is 6.51. The van der Waals surface area contributed by atoms with E-state index in [1.54, 1.807) is 28.4 Å². The van der Waals surface area contributed by atoms with Crippen molar-refractivity contribution in [1.29, 1.82) is 0 Å². The topological polar surface area (TPSA) is 73.8 Å². The molecule has 8 heterocycles. The van der Waals surface area contributed by atoms with E-state index in [9.17, 15) is 0 Å². The zero-order valence-electron chi connectivity index (χ0n) is 86.9. The fourth-order valence-corrected chi connectivity index (χ4v) is 28.8. The third kappa shape index (κ3) is 23.3. The van der Waals surface area contributed by atoms with Gasteiger partial charge in [0, 0.05) is 125 Å². The van der Waals surface area contributed by atoms with E-state index >= 15 is 0 Å². The highest BCUT2D eigenvalue weighted by molar-refractivity contribution is 7.27. The van der Waals surface area contributed by atoms with Crippen LogP contribution in [0.1, 0.15) is 158 Å². The summed E-state index contributed by atoms with van der Waals surface area (Å²) in [5, 5.41) is 7.49. The number of benzene rings is 12. The summed E-state index contributed by atoms with van der Waals surface area (Å²) in [6.45, 7) is 20.9. The fourth-order valence-electron chi connectivity index (χ4n) is 20.3. The normalized spacial score (nSPS) is 12.5. The van der Waals surface area contributed by atoms with Crippen LogP contribution in [0.25, 0.3) is 199 Å². The molecule has 0 fully saturated rings. The molecule has 16 heteroatoms. The monoisotopic (exact) mass is 2100 g/mol. The Morgan fingerprint density at radius 2 is 0.351 bits per heavy atom. The van der Waals surface area contributed by atoms with Crippen molar-refractivity contribution in [3.05, 3.63) is 303 Å². The Hall–Kier alpha value is -12.3. The van der Waals surface area contributed by atoms with Crippen LogP contribution in [0.2, 0.25) is 0 Å². The van der Waals surface area contributed by atoms with Crippen molar-refractivity contribution in [2.24, 2.45) is 23.7 Å². The van der Waals surface area contributed by atoms with Crippen molar-refractivity contribution in [3.63, 3.8) is 0 Å². The zero-order chi connectivity index (χ0) is 102. The van der Waals surface area contributed by atoms with Crippen molar-refractivity contribution in [2.45, 2.75) is 158 Å². The standard InChI is InChI=1S/C132H130O8S8/c1-13-21-25-83(17-5)79-137-103-69-95(65-99(73-103)133-9)87-29-37-91(38-30-87)115-49-57-123(141-115)127-61-53-119(145-127)111-77-112(120-54-62-128(146-120)124-58-50-116(142-124)92-39-31-88(32-40-92)96-66-100(134-10)74-104(70-96)138-80-84(18-6)26-22-14-2)108-47-48-110-114(122-56-64-130(148-122)126-60-52-118(144-126)94-43-35-90(36-44-94)98-68-102(136-12)76-106(72-98)140-82-86(20-8)28-24-16-4)78-113(109-46-45-107(111)131(108)132(109)110)121-55-63-129(147-121)125-59-51-117(143-125)93-41-33-89(34-42-93)97-67-101(135-11)75-105(71-97)139-81-85(19-7)27-23-15-3/h29-78,83-86H,13-28,79-82H2,1-12H3. The lowest BCUT2D eigenvalue weighted by molar-refractivity contribution is 0.232. The first-order chi connectivity index (χ1) is 72.6. The lowest BCUT2D eigenvalue weighted by Crippen LogP contribution is -2.11. The third-order valence-electron chi connectivity index (χ3n) is 29.4. The van der Waals surface area contributed by atoms with Gasteiger partial charge in [-0.2, -0.15) is 0 Å². The molecule has 20 rings (SSSR count). The van der Waals surface area contributed by atoms with Gasteiger partial charge in [0.25, 0.3) is 0 Å². The summed E-state index contributed by atoms with van der Waals surface area (Å²) < 4.78 is 49.5. The van der Waals surface area contributed by atoms with E-state index in [4.69, 9.17) is 37.9 Å². The highest BCUT2D eigenvalue weighted by atomic mass is 32.1. The summed E-state index contributed by atoms with van der Waals surface area (Å²) in [5.41, 5.74) is 18.4. The summed E-state index contributed by atoms with van der Waals surface area (Å²) in [5.74, 6) is 8.62. The second-order valence-electron chi connectivity index (χ2n) is 39.1. The molecule has 4 atom stereocenters. The summed E-state index contributed by atoms with van der Waals surface area (Å²) in [6, 6.07) is 113. The van der Waals surface area contributed by atoms with E-state index in [-0.39, 0.29) is 0 Å². The predicted octanol–water partition coefficient (Wildman–Crippen LogP) is 42.2. The van der Waals surface area contributed by atoms with E-state index in [2.05, 4.69) is 334 Å². The molecule has 20 aromatic rings. The molecule has 148 heavy (non-hydrogen) atoms. The molecule has 8 nitrogen and oxygen atoms in total. The van der Waals surface area contributed by atoms with E-state index < -0.39 is 0 Å². The minimum Gasteiger partial charge on any atom is -0.497 e. The maximum Gasteiger partial charge on any atom is 0.123 e. The summed E-state index contributed by atoms with van der Waals surface area (Å²) in [4.78, 5) is 19.7. The summed E-state index contributed by atoms with van der Waals surface area (Å²) >= 11 is 15.0. The van der Waals surface area contributed by atoms with E-state index in [0.717, 1.165) is 116 Å². The molecule has 0 spiro atoms. The fraction of sp³-hybridized carbons (Fsp3) is 0.273. The molecule has 0 aliphatic heterocycles. The Morgan fingerprint density at radius 3 is 0.541 bits per heavy atom. The molecular formula is C132H130O8S8. The Labute approximate surface area is 906 Å². The van der Waals surface area contributed by atoms with Gasteiger partial charge in [0.1, 0.15) is 46.0 Å². The van der Waals surface area contributed by atoms with Crippen molar-refractivity contribution in [2.75, 3.05) is 54.9 Å². The lowest BCUT2D eigenvalue weighted by Gasteiger charge is -2.20. The Kier molecular flexibility index (Phi) is 33.4. The van der Waals surface area contributed by atoms with Crippen LogP contribution in [-0.2, 0) is 0 Å². The van der Waals surface area contributed by atoms with Gasteiger partial charge in [0.2, 0.25) is 0 Å². The molecule has 0 amide bonds. The summed E-state index contributed by atoms with van der Waals surface area (Å²) in [7, 11) is 6.95. The van der Waals surface area contributed by atoms with Crippen LogP contribution in [0.4, 0.5) is 0 Å². The molecule has 12 aromatic carbocycles. The first-order valence-electron chi connectivity index (χ1n) is 53.0. The summed E-state index contributed by atoms with van der Waals surface area (Å²) in [6.07, 6.45) is 18.7. The quantitative estimate of drug-likeness (QED) is 0.0349. The molecular weight excluding hydrogens is 1970 g/mol. The molecule has 8 aromatic heterocycles. The second kappa shape index (κ2) is 48.1. The Morgan fingerprint density at radius 1 is 0.176 bits per heavy atom. The molecule has 4 unspecified atom stereocenters. The van der Waals surface area contributed by atoms with E-state index in [0.29, 0.717) is 50.1 Å². The van der Waals surface area contributed by atoms with Gasteiger partial charge in [-0.25, -0.2) is 0 Å². The molecule has 754 valence electrons. The van der Waals surface area contributed by atoms with Crippen LogP contribution < -0.4 is 37.9 Å². The van der Waals surface area contributed by atoms with Gasteiger partial charge >= 0.3 is 0 Å². The minimum absolute atomic E-state index is 0.523. The molecule has 0 saturated heterocycles. The largest absolute Gasteiger partial charge is 0.497 e. The lowest BCUT2D eigenvalue weighted by atomic mass is 9.85. The number of rotatable bonds is 48. The van der Waals surface area contributed by atoms with Gasteiger partial charge in [0.15, 0.2) is 0 Å². The van der Waals surface area contributed by atoms with Gasteiger partial charge in [-0.1, -0.05) is 254 Å². The van der Waals surface area contributed by atoms with Crippen LogP contribution in [-0.4, -0.2) is 54.9 Å². The zero-order valence-corrected chi connectivity index (χ0v) is 93.4. The average Bonchev–Trinajstić information content (AvgIpc) is 1.17. The molecule has 0 saturated carbocycles. The van der Waals surface area contributed by atoms with Gasteiger partial charge in [0.05, 0.1) is 54.9 Å². The van der Waals surface area contributed by atoms with Crippen LogP contribution in [0.15, 0.2) is 303 Å². The molecule has 0 bridgehead atoms. The number of hydrogen-bond donors (Lipinski definition) is 0. The second-order valence-corrected chi connectivity index (χ2v) is 47.8. The molecule has 0 N–H and O–H groups in total. The van der Waals surface area contributed by atoms with Gasteiger partial charge in [-0.15, -0.1) is 90.7 Å². The smallest absolute Gasteiger partial charge is 0.123 e.